The van der Waals surface area contributed by atoms with E-state index in [2.05, 4.69) is 5.32 Å². The number of alkyl halides is 2. The zero-order valence-electron chi connectivity index (χ0n) is 7.76. The normalized spacial score (nSPS) is 30.7. The number of hydrogen-bond acceptors (Lipinski definition) is 1. The first-order valence-corrected chi connectivity index (χ1v) is 4.25. The Bertz CT molecular complexity index is 195. The van der Waals surface area contributed by atoms with E-state index in [9.17, 15) is 8.78 Å². The molecule has 73 valence electrons. The van der Waals surface area contributed by atoms with Crippen molar-refractivity contribution >= 4 is 0 Å². The van der Waals surface area contributed by atoms with Crippen molar-refractivity contribution in [3.8, 4) is 0 Å². The molecule has 2 heterocycles. The van der Waals surface area contributed by atoms with Gasteiger partial charge in [0.2, 0.25) is 0 Å². The Hall–Kier alpha value is 0.884. The van der Waals surface area contributed by atoms with Crippen LogP contribution in [0.5, 0.6) is 0 Å². The summed E-state index contributed by atoms with van der Waals surface area (Å²) in [6.45, 7) is 1.43. The summed E-state index contributed by atoms with van der Waals surface area (Å²) in [6.07, 6.45) is 0.597. The van der Waals surface area contributed by atoms with Gasteiger partial charge >= 0.3 is 0 Å². The smallest absolute Gasteiger partial charge is 0.262 e. The van der Waals surface area contributed by atoms with Gasteiger partial charge < -0.3 is 10.2 Å². The average molecular weight is 264 g/mol. The first kappa shape index (κ1) is 12.0. The fraction of sp³-hybridized carbons (Fsp3) is 1.00. The number of nitrogens with zero attached hydrogens (tertiary/aromatic N) is 2. The van der Waals surface area contributed by atoms with Crippen LogP contribution in [0.1, 0.15) is 6.42 Å². The molecule has 0 saturated carbocycles. The quantitative estimate of drug-likeness (QED) is 0.645. The van der Waals surface area contributed by atoms with E-state index in [1.54, 1.807) is 11.9 Å². The van der Waals surface area contributed by atoms with Crippen LogP contribution in [0.3, 0.4) is 0 Å². The van der Waals surface area contributed by atoms with E-state index in [1.807, 2.05) is 0 Å². The molecular formula is C8H13F2N2Y-. The van der Waals surface area contributed by atoms with Gasteiger partial charge in [0.1, 0.15) is 0 Å². The first-order valence-electron chi connectivity index (χ1n) is 4.25. The SMILES string of the molecule is CN1CCC2(C[N-]C2)C(F)(F)C1.[Y]. The van der Waals surface area contributed by atoms with Crippen molar-refractivity contribution in [3.63, 3.8) is 0 Å². The largest absolute Gasteiger partial charge is 0.661 e. The van der Waals surface area contributed by atoms with Gasteiger partial charge in [0.25, 0.3) is 5.92 Å². The van der Waals surface area contributed by atoms with Gasteiger partial charge in [0, 0.05) is 32.7 Å². The van der Waals surface area contributed by atoms with Crippen molar-refractivity contribution in [3.05, 3.63) is 5.32 Å². The van der Waals surface area contributed by atoms with Crippen molar-refractivity contribution in [1.82, 2.24) is 4.90 Å². The van der Waals surface area contributed by atoms with E-state index in [0.717, 1.165) is 6.54 Å². The minimum Gasteiger partial charge on any atom is -0.661 e. The fourth-order valence-corrected chi connectivity index (χ4v) is 1.94. The monoisotopic (exact) mass is 264 g/mol. The van der Waals surface area contributed by atoms with Crippen LogP contribution in [0.25, 0.3) is 5.32 Å². The zero-order chi connectivity index (χ0) is 8.82. The van der Waals surface area contributed by atoms with Crippen LogP contribution in [0.4, 0.5) is 8.78 Å². The van der Waals surface area contributed by atoms with Gasteiger partial charge in [-0.1, -0.05) is 0 Å². The van der Waals surface area contributed by atoms with Crippen LogP contribution in [0.2, 0.25) is 0 Å². The molecule has 1 spiro atoms. The van der Waals surface area contributed by atoms with Crippen LogP contribution in [-0.2, 0) is 32.7 Å². The third-order valence-corrected chi connectivity index (χ3v) is 3.05. The number of piperidine rings is 1. The molecule has 5 heteroatoms. The van der Waals surface area contributed by atoms with Gasteiger partial charge in [0.05, 0.1) is 6.54 Å². The van der Waals surface area contributed by atoms with Crippen molar-refractivity contribution < 1.29 is 41.5 Å². The van der Waals surface area contributed by atoms with Gasteiger partial charge in [-0.2, -0.15) is 0 Å². The van der Waals surface area contributed by atoms with Crippen LogP contribution < -0.4 is 0 Å². The third-order valence-electron chi connectivity index (χ3n) is 3.05. The summed E-state index contributed by atoms with van der Waals surface area (Å²) in [5.41, 5.74) is -0.764. The van der Waals surface area contributed by atoms with Gasteiger partial charge in [-0.15, -0.1) is 13.1 Å². The molecule has 0 aromatic rings. The molecule has 2 aliphatic rings. The molecule has 0 unspecified atom stereocenters. The Morgan fingerprint density at radius 1 is 1.31 bits per heavy atom. The van der Waals surface area contributed by atoms with Gasteiger partial charge in [-0.25, -0.2) is 8.78 Å². The van der Waals surface area contributed by atoms with E-state index in [1.165, 1.54) is 0 Å². The summed E-state index contributed by atoms with van der Waals surface area (Å²) in [4.78, 5) is 1.70. The second kappa shape index (κ2) is 3.80. The minimum atomic E-state index is -2.53. The van der Waals surface area contributed by atoms with Gasteiger partial charge in [0.15, 0.2) is 0 Å². The van der Waals surface area contributed by atoms with Gasteiger partial charge in [-0.3, -0.25) is 0 Å². The topological polar surface area (TPSA) is 17.3 Å². The molecular weight excluding hydrogens is 251 g/mol. The average Bonchev–Trinajstić information content (AvgIpc) is 1.80. The molecule has 0 bridgehead atoms. The van der Waals surface area contributed by atoms with E-state index in [0.29, 0.717) is 19.5 Å². The standard InChI is InChI=1S/C8H13F2N2.Y/c1-12-3-2-7(4-11-5-7)8(9,10)6-12;/h2-6H2,1H3;/q-1;. The Morgan fingerprint density at radius 3 is 2.31 bits per heavy atom. The maximum atomic E-state index is 13.5. The molecule has 0 aromatic heterocycles. The predicted octanol–water partition coefficient (Wildman–Crippen LogP) is 1.33. The Balaban J connectivity index is 0.000000845. The maximum absolute atomic E-state index is 13.5. The fourth-order valence-electron chi connectivity index (χ4n) is 1.94. The van der Waals surface area contributed by atoms with E-state index >= 15 is 0 Å². The molecule has 1 radical (unpaired) electrons. The molecule has 2 saturated heterocycles. The summed E-state index contributed by atoms with van der Waals surface area (Å²) in [5.74, 6) is -2.53. The van der Waals surface area contributed by atoms with Gasteiger partial charge in [-0.05, 0) is 25.4 Å². The van der Waals surface area contributed by atoms with Crippen LogP contribution in [0, 0.1) is 5.41 Å². The van der Waals surface area contributed by atoms with Crippen molar-refractivity contribution in [2.45, 2.75) is 12.3 Å². The molecule has 0 aliphatic carbocycles. The minimum absolute atomic E-state index is 0. The number of likely N-dealkylation sites (tertiary alicyclic amines) is 1. The molecule has 2 aliphatic heterocycles. The zero-order valence-corrected chi connectivity index (χ0v) is 10.6. The van der Waals surface area contributed by atoms with E-state index < -0.39 is 11.3 Å². The molecule has 0 N–H and O–H groups in total. The summed E-state index contributed by atoms with van der Waals surface area (Å²) >= 11 is 0. The molecule has 2 rings (SSSR count). The number of hydrogen-bond donors (Lipinski definition) is 0. The Labute approximate surface area is 102 Å². The molecule has 0 atom stereocenters. The first-order chi connectivity index (χ1) is 5.56. The van der Waals surface area contributed by atoms with Crippen molar-refractivity contribution in [2.24, 2.45) is 5.41 Å². The maximum Gasteiger partial charge on any atom is 0.262 e. The van der Waals surface area contributed by atoms with E-state index in [-0.39, 0.29) is 39.3 Å². The summed E-state index contributed by atoms with van der Waals surface area (Å²) in [7, 11) is 1.75. The summed E-state index contributed by atoms with van der Waals surface area (Å²) in [5, 5.41) is 3.92. The number of rotatable bonds is 0. The Kier molecular flexibility index (Phi) is 3.49. The molecule has 13 heavy (non-hydrogen) atoms. The van der Waals surface area contributed by atoms with Crippen LogP contribution in [-0.4, -0.2) is 44.0 Å². The summed E-state index contributed by atoms with van der Waals surface area (Å²) < 4.78 is 26.9. The number of halogens is 2. The van der Waals surface area contributed by atoms with E-state index in [4.69, 9.17) is 0 Å². The molecule has 2 nitrogen and oxygen atoms in total. The second-order valence-corrected chi connectivity index (χ2v) is 4.01. The summed E-state index contributed by atoms with van der Waals surface area (Å²) in [6, 6.07) is 0. The Morgan fingerprint density at radius 2 is 1.92 bits per heavy atom. The third kappa shape index (κ3) is 1.83. The second-order valence-electron chi connectivity index (χ2n) is 4.01. The van der Waals surface area contributed by atoms with Crippen molar-refractivity contribution in [2.75, 3.05) is 33.2 Å². The van der Waals surface area contributed by atoms with Crippen LogP contribution in [0.15, 0.2) is 0 Å². The molecule has 0 amide bonds. The van der Waals surface area contributed by atoms with Crippen LogP contribution >= 0.6 is 0 Å². The van der Waals surface area contributed by atoms with Crippen molar-refractivity contribution in [1.29, 1.82) is 0 Å². The molecule has 2 fully saturated rings. The molecule has 0 aromatic carbocycles. The predicted molar refractivity (Wildman–Crippen MR) is 42.6 cm³/mol.